The van der Waals surface area contributed by atoms with Gasteiger partial charge in [-0.05, 0) is 35.2 Å². The maximum Gasteiger partial charge on any atom is 0.408 e. The van der Waals surface area contributed by atoms with Crippen molar-refractivity contribution >= 4 is 12.0 Å². The van der Waals surface area contributed by atoms with E-state index in [-0.39, 0.29) is 12.5 Å². The highest BCUT2D eigenvalue weighted by Gasteiger charge is 2.22. The fraction of sp³-hybridized carbons (Fsp3) is 0.286. The normalized spacial score (nSPS) is 11.3. The number of amides is 2. The number of hydrogen-bond acceptors (Lipinski definition) is 5. The van der Waals surface area contributed by atoms with Gasteiger partial charge in [0.1, 0.15) is 25.0 Å². The van der Waals surface area contributed by atoms with Crippen molar-refractivity contribution in [2.24, 2.45) is 0 Å². The maximum atomic E-state index is 12.8. The quantitative estimate of drug-likeness (QED) is 0.360. The first-order valence-corrected chi connectivity index (χ1v) is 11.6. The van der Waals surface area contributed by atoms with Gasteiger partial charge in [-0.3, -0.25) is 4.79 Å². The van der Waals surface area contributed by atoms with E-state index in [0.29, 0.717) is 32.6 Å². The number of hydrogen-bond donors (Lipinski definition) is 2. The smallest absolute Gasteiger partial charge is 0.408 e. The van der Waals surface area contributed by atoms with Gasteiger partial charge in [-0.2, -0.15) is 0 Å². The van der Waals surface area contributed by atoms with E-state index < -0.39 is 12.1 Å². The van der Waals surface area contributed by atoms with Crippen LogP contribution < -0.4 is 15.4 Å². The number of ether oxygens (including phenoxy) is 3. The number of benzene rings is 3. The molecule has 0 radical (unpaired) electrons. The van der Waals surface area contributed by atoms with E-state index in [1.165, 1.54) is 0 Å². The molecule has 0 heterocycles. The molecule has 0 saturated carbocycles. The van der Waals surface area contributed by atoms with Gasteiger partial charge in [0.25, 0.3) is 0 Å². The molecular formula is C28H32N2O5. The summed E-state index contributed by atoms with van der Waals surface area (Å²) in [5.41, 5.74) is 2.84. The second-order valence-corrected chi connectivity index (χ2v) is 8.02. The summed E-state index contributed by atoms with van der Waals surface area (Å²) in [6, 6.07) is 26.0. The number of rotatable bonds is 13. The minimum atomic E-state index is -0.781. The molecular weight excluding hydrogens is 444 g/mol. The molecule has 35 heavy (non-hydrogen) atoms. The highest BCUT2D eigenvalue weighted by Crippen LogP contribution is 2.15. The first-order chi connectivity index (χ1) is 17.1. The molecule has 0 aliphatic rings. The Morgan fingerprint density at radius 2 is 1.43 bits per heavy atom. The van der Waals surface area contributed by atoms with Crippen molar-refractivity contribution in [2.75, 3.05) is 20.3 Å². The lowest BCUT2D eigenvalue weighted by Crippen LogP contribution is -2.48. The van der Waals surface area contributed by atoms with Crippen LogP contribution in [0, 0.1) is 0 Å². The van der Waals surface area contributed by atoms with Crippen LogP contribution in [0.3, 0.4) is 0 Å². The molecule has 3 rings (SSSR count). The molecule has 0 aliphatic heterocycles. The molecule has 0 aromatic heterocycles. The third-order valence-corrected chi connectivity index (χ3v) is 5.26. The van der Waals surface area contributed by atoms with Crippen molar-refractivity contribution in [3.8, 4) is 5.75 Å². The summed E-state index contributed by atoms with van der Waals surface area (Å²) in [5, 5.41) is 5.55. The topological polar surface area (TPSA) is 85.9 Å². The van der Waals surface area contributed by atoms with Crippen molar-refractivity contribution < 1.29 is 23.8 Å². The van der Waals surface area contributed by atoms with E-state index in [2.05, 4.69) is 10.6 Å². The molecule has 0 unspecified atom stereocenters. The van der Waals surface area contributed by atoms with Crippen molar-refractivity contribution in [3.05, 3.63) is 102 Å². The summed E-state index contributed by atoms with van der Waals surface area (Å²) in [6.45, 7) is 1.60. The lowest BCUT2D eigenvalue weighted by Gasteiger charge is -2.19. The standard InChI is InChI=1S/C28H32N2O5/c1-33-18-8-17-29-27(31)26(30-28(32)35-21-24-11-6-3-7-12-24)19-22-13-15-25(16-14-22)34-20-23-9-4-2-5-10-23/h2-7,9-16,26H,8,17-21H2,1H3,(H,29,31)(H,30,32)/t26-/m0/s1. The van der Waals surface area contributed by atoms with Gasteiger partial charge in [-0.25, -0.2) is 4.79 Å². The molecule has 2 amide bonds. The van der Waals surface area contributed by atoms with E-state index in [4.69, 9.17) is 14.2 Å². The fourth-order valence-electron chi connectivity index (χ4n) is 3.37. The molecule has 0 spiro atoms. The number of methoxy groups -OCH3 is 1. The summed E-state index contributed by atoms with van der Waals surface area (Å²) in [6.07, 6.45) is 0.352. The van der Waals surface area contributed by atoms with Crippen LogP contribution in [0.4, 0.5) is 4.79 Å². The van der Waals surface area contributed by atoms with Crippen molar-refractivity contribution in [1.82, 2.24) is 10.6 Å². The first kappa shape index (κ1) is 25.8. The zero-order chi connectivity index (χ0) is 24.7. The first-order valence-electron chi connectivity index (χ1n) is 11.6. The highest BCUT2D eigenvalue weighted by molar-refractivity contribution is 5.85. The van der Waals surface area contributed by atoms with E-state index in [9.17, 15) is 9.59 Å². The van der Waals surface area contributed by atoms with Crippen LogP contribution in [0.15, 0.2) is 84.9 Å². The molecule has 7 nitrogen and oxygen atoms in total. The zero-order valence-electron chi connectivity index (χ0n) is 19.9. The van der Waals surface area contributed by atoms with Gasteiger partial charge in [0.05, 0.1) is 0 Å². The van der Waals surface area contributed by atoms with Gasteiger partial charge in [0.2, 0.25) is 5.91 Å². The van der Waals surface area contributed by atoms with Crippen molar-refractivity contribution in [1.29, 1.82) is 0 Å². The Kier molecular flexibility index (Phi) is 10.6. The summed E-state index contributed by atoms with van der Waals surface area (Å²) in [7, 11) is 1.61. The van der Waals surface area contributed by atoms with Gasteiger partial charge >= 0.3 is 6.09 Å². The van der Waals surface area contributed by atoms with Gasteiger partial charge < -0.3 is 24.8 Å². The third kappa shape index (κ3) is 9.51. The largest absolute Gasteiger partial charge is 0.489 e. The number of nitrogens with one attached hydrogen (secondary N) is 2. The Morgan fingerprint density at radius 1 is 0.800 bits per heavy atom. The van der Waals surface area contributed by atoms with E-state index in [1.54, 1.807) is 7.11 Å². The lowest BCUT2D eigenvalue weighted by atomic mass is 10.1. The van der Waals surface area contributed by atoms with Gasteiger partial charge in [0.15, 0.2) is 0 Å². The second kappa shape index (κ2) is 14.4. The molecule has 1 atom stereocenters. The summed E-state index contributed by atoms with van der Waals surface area (Å²) in [5.74, 6) is 0.454. The van der Waals surface area contributed by atoms with Crippen LogP contribution in [-0.4, -0.2) is 38.3 Å². The summed E-state index contributed by atoms with van der Waals surface area (Å²) in [4.78, 5) is 25.2. The molecule has 0 aliphatic carbocycles. The number of carbonyl (C=O) groups is 2. The minimum absolute atomic E-state index is 0.127. The number of carbonyl (C=O) groups excluding carboxylic acids is 2. The molecule has 0 fully saturated rings. The van der Waals surface area contributed by atoms with Crippen LogP contribution in [0.2, 0.25) is 0 Å². The Labute approximate surface area is 206 Å². The van der Waals surface area contributed by atoms with Crippen LogP contribution in [-0.2, 0) is 33.9 Å². The average molecular weight is 477 g/mol. The van der Waals surface area contributed by atoms with Crippen LogP contribution in [0.5, 0.6) is 5.75 Å². The van der Waals surface area contributed by atoms with E-state index >= 15 is 0 Å². The average Bonchev–Trinajstić information content (AvgIpc) is 2.90. The summed E-state index contributed by atoms with van der Waals surface area (Å²) < 4.78 is 16.2. The third-order valence-electron chi connectivity index (χ3n) is 5.26. The minimum Gasteiger partial charge on any atom is -0.489 e. The maximum absolute atomic E-state index is 12.8. The number of alkyl carbamates (subject to hydrolysis) is 1. The molecule has 3 aromatic carbocycles. The molecule has 2 N–H and O–H groups in total. The zero-order valence-corrected chi connectivity index (χ0v) is 19.9. The SMILES string of the molecule is COCCCNC(=O)[C@H](Cc1ccc(OCc2ccccc2)cc1)NC(=O)OCc1ccccc1. The Morgan fingerprint density at radius 3 is 2.06 bits per heavy atom. The van der Waals surface area contributed by atoms with Crippen LogP contribution in [0.25, 0.3) is 0 Å². The molecule has 0 saturated heterocycles. The molecule has 7 heteroatoms. The Balaban J connectivity index is 1.57. The van der Waals surface area contributed by atoms with Crippen molar-refractivity contribution in [2.45, 2.75) is 32.1 Å². The predicted octanol–water partition coefficient (Wildman–Crippen LogP) is 4.26. The second-order valence-electron chi connectivity index (χ2n) is 8.02. The van der Waals surface area contributed by atoms with Crippen LogP contribution >= 0.6 is 0 Å². The van der Waals surface area contributed by atoms with Crippen molar-refractivity contribution in [3.63, 3.8) is 0 Å². The summed E-state index contributed by atoms with van der Waals surface area (Å²) >= 11 is 0. The Bertz CT molecular complexity index is 1030. The molecule has 184 valence electrons. The monoisotopic (exact) mass is 476 g/mol. The highest BCUT2D eigenvalue weighted by atomic mass is 16.5. The van der Waals surface area contributed by atoms with Gasteiger partial charge in [-0.1, -0.05) is 72.8 Å². The van der Waals surface area contributed by atoms with Gasteiger partial charge in [0, 0.05) is 26.7 Å². The molecule has 3 aromatic rings. The lowest BCUT2D eigenvalue weighted by molar-refractivity contribution is -0.123. The fourth-order valence-corrected chi connectivity index (χ4v) is 3.37. The van der Waals surface area contributed by atoms with Gasteiger partial charge in [-0.15, -0.1) is 0 Å². The molecule has 0 bridgehead atoms. The van der Waals surface area contributed by atoms with E-state index in [1.807, 2.05) is 84.9 Å². The van der Waals surface area contributed by atoms with Crippen LogP contribution in [0.1, 0.15) is 23.1 Å². The Hall–Kier alpha value is -3.84. The predicted molar refractivity (Wildman–Crippen MR) is 134 cm³/mol. The van der Waals surface area contributed by atoms with E-state index in [0.717, 1.165) is 22.4 Å².